The third-order valence-corrected chi connectivity index (χ3v) is 5.37. The monoisotopic (exact) mass is 474 g/mol. The van der Waals surface area contributed by atoms with Crippen LogP contribution in [0.2, 0.25) is 0 Å². The first-order chi connectivity index (χ1) is 16.9. The standard InChI is InChI=1S/C26H30N6O3/c1-18(2)24(30-23(33)17-35-20-12-7-4-8-13-20)26(34)29-15-9-14-22-21(16-27)25(28)32(31-22)19-10-5-3-6-11-19/h3-8,10-13,18,24H,9,14-15,17,28H2,1-2H3,(H,29,34)(H,30,33). The van der Waals surface area contributed by atoms with Crippen molar-refractivity contribution in [1.29, 1.82) is 5.26 Å². The first kappa shape index (κ1) is 25.3. The van der Waals surface area contributed by atoms with E-state index in [4.69, 9.17) is 10.5 Å². The topological polar surface area (TPSA) is 135 Å². The van der Waals surface area contributed by atoms with Crippen LogP contribution in [0, 0.1) is 17.2 Å². The molecule has 0 aliphatic heterocycles. The minimum absolute atomic E-state index is 0.109. The second-order valence-electron chi connectivity index (χ2n) is 8.35. The molecule has 0 fully saturated rings. The van der Waals surface area contributed by atoms with Crippen LogP contribution in [-0.4, -0.2) is 40.8 Å². The van der Waals surface area contributed by atoms with Crippen molar-refractivity contribution in [2.24, 2.45) is 5.92 Å². The van der Waals surface area contributed by atoms with Crippen molar-refractivity contribution in [3.8, 4) is 17.5 Å². The number of nitriles is 1. The first-order valence-electron chi connectivity index (χ1n) is 11.5. The van der Waals surface area contributed by atoms with Gasteiger partial charge in [-0.3, -0.25) is 9.59 Å². The Morgan fingerprint density at radius 3 is 2.40 bits per heavy atom. The molecular formula is C26H30N6O3. The number of carbonyl (C=O) groups excluding carboxylic acids is 2. The summed E-state index contributed by atoms with van der Waals surface area (Å²) in [6.45, 7) is 3.91. The van der Waals surface area contributed by atoms with Crippen molar-refractivity contribution in [3.05, 3.63) is 71.9 Å². The van der Waals surface area contributed by atoms with E-state index >= 15 is 0 Å². The largest absolute Gasteiger partial charge is 0.484 e. The number of nitrogen functional groups attached to an aromatic ring is 1. The van der Waals surface area contributed by atoms with E-state index in [9.17, 15) is 14.9 Å². The SMILES string of the molecule is CC(C)C(NC(=O)COc1ccccc1)C(=O)NCCCc1nn(-c2ccccc2)c(N)c1C#N. The normalized spacial score (nSPS) is 11.5. The number of hydrogen-bond acceptors (Lipinski definition) is 6. The summed E-state index contributed by atoms with van der Waals surface area (Å²) in [7, 11) is 0. The number of nitrogens with two attached hydrogens (primary N) is 1. The molecule has 3 rings (SSSR count). The van der Waals surface area contributed by atoms with Crippen LogP contribution in [-0.2, 0) is 16.0 Å². The molecule has 9 nitrogen and oxygen atoms in total. The molecule has 0 aliphatic rings. The number of para-hydroxylation sites is 2. The van der Waals surface area contributed by atoms with Gasteiger partial charge in [-0.15, -0.1) is 0 Å². The van der Waals surface area contributed by atoms with E-state index in [2.05, 4.69) is 21.8 Å². The van der Waals surface area contributed by atoms with E-state index in [0.717, 1.165) is 5.69 Å². The summed E-state index contributed by atoms with van der Waals surface area (Å²) in [5.41, 5.74) is 7.83. The van der Waals surface area contributed by atoms with Gasteiger partial charge in [-0.05, 0) is 43.0 Å². The molecule has 182 valence electrons. The third kappa shape index (κ3) is 6.84. The fourth-order valence-electron chi connectivity index (χ4n) is 3.53. The number of anilines is 1. The Labute approximate surface area is 204 Å². The molecule has 1 heterocycles. The van der Waals surface area contributed by atoms with E-state index < -0.39 is 6.04 Å². The minimum atomic E-state index is -0.690. The van der Waals surface area contributed by atoms with Crippen LogP contribution in [0.4, 0.5) is 5.82 Å². The summed E-state index contributed by atoms with van der Waals surface area (Å²) in [6, 6.07) is 19.8. The van der Waals surface area contributed by atoms with Gasteiger partial charge in [0.15, 0.2) is 6.61 Å². The van der Waals surface area contributed by atoms with Gasteiger partial charge in [0.1, 0.15) is 29.2 Å². The molecule has 1 atom stereocenters. The highest BCUT2D eigenvalue weighted by atomic mass is 16.5. The van der Waals surface area contributed by atoms with Gasteiger partial charge < -0.3 is 21.1 Å². The Morgan fingerprint density at radius 2 is 1.77 bits per heavy atom. The van der Waals surface area contributed by atoms with Crippen molar-refractivity contribution in [2.75, 3.05) is 18.9 Å². The number of benzene rings is 2. The Bertz CT molecular complexity index is 1170. The number of rotatable bonds is 11. The molecule has 2 amide bonds. The van der Waals surface area contributed by atoms with Crippen LogP contribution in [0.15, 0.2) is 60.7 Å². The second kappa shape index (κ2) is 12.2. The molecule has 1 aromatic heterocycles. The van der Waals surface area contributed by atoms with Gasteiger partial charge in [0.05, 0.1) is 11.4 Å². The number of nitrogens with one attached hydrogen (secondary N) is 2. The van der Waals surface area contributed by atoms with Crippen LogP contribution in [0.1, 0.15) is 31.5 Å². The quantitative estimate of drug-likeness (QED) is 0.366. The lowest BCUT2D eigenvalue weighted by atomic mass is 10.0. The van der Waals surface area contributed by atoms with Gasteiger partial charge in [0, 0.05) is 6.54 Å². The Hall–Kier alpha value is -4.32. The molecule has 0 saturated carbocycles. The number of aryl methyl sites for hydroxylation is 1. The van der Waals surface area contributed by atoms with E-state index in [1.807, 2.05) is 62.4 Å². The Balaban J connectivity index is 1.51. The first-order valence-corrected chi connectivity index (χ1v) is 11.5. The van der Waals surface area contributed by atoms with Crippen LogP contribution in [0.3, 0.4) is 0 Å². The fraction of sp³-hybridized carbons (Fsp3) is 0.308. The fourth-order valence-corrected chi connectivity index (χ4v) is 3.53. The average Bonchev–Trinajstić information content (AvgIpc) is 3.19. The molecule has 3 aromatic rings. The summed E-state index contributed by atoms with van der Waals surface area (Å²) in [5.74, 6) is 0.117. The van der Waals surface area contributed by atoms with Crippen LogP contribution in [0.5, 0.6) is 5.75 Å². The van der Waals surface area contributed by atoms with Gasteiger partial charge in [-0.25, -0.2) is 4.68 Å². The molecule has 4 N–H and O–H groups in total. The zero-order chi connectivity index (χ0) is 25.2. The van der Waals surface area contributed by atoms with E-state index in [1.165, 1.54) is 0 Å². The van der Waals surface area contributed by atoms with Gasteiger partial charge in [0.2, 0.25) is 5.91 Å². The third-order valence-electron chi connectivity index (χ3n) is 5.37. The summed E-state index contributed by atoms with van der Waals surface area (Å²) < 4.78 is 7.00. The highest BCUT2D eigenvalue weighted by Gasteiger charge is 2.24. The number of amides is 2. The van der Waals surface area contributed by atoms with E-state index in [1.54, 1.807) is 16.8 Å². The lowest BCUT2D eigenvalue weighted by Gasteiger charge is -2.21. The van der Waals surface area contributed by atoms with Crippen LogP contribution >= 0.6 is 0 Å². The predicted molar refractivity (Wildman–Crippen MR) is 133 cm³/mol. The zero-order valence-corrected chi connectivity index (χ0v) is 19.9. The number of hydrogen-bond donors (Lipinski definition) is 3. The van der Waals surface area contributed by atoms with Gasteiger partial charge >= 0.3 is 0 Å². The number of ether oxygens (including phenoxy) is 1. The molecule has 0 radical (unpaired) electrons. The van der Waals surface area contributed by atoms with Crippen molar-refractivity contribution >= 4 is 17.6 Å². The molecule has 0 saturated heterocycles. The number of aromatic nitrogens is 2. The maximum absolute atomic E-state index is 12.7. The highest BCUT2D eigenvalue weighted by molar-refractivity contribution is 5.88. The summed E-state index contributed by atoms with van der Waals surface area (Å²) >= 11 is 0. The molecule has 9 heteroatoms. The van der Waals surface area contributed by atoms with E-state index in [-0.39, 0.29) is 30.2 Å². The Kier molecular flexibility index (Phi) is 8.84. The Morgan fingerprint density at radius 1 is 1.11 bits per heavy atom. The molecule has 1 unspecified atom stereocenters. The van der Waals surface area contributed by atoms with Crippen molar-refractivity contribution in [1.82, 2.24) is 20.4 Å². The van der Waals surface area contributed by atoms with Crippen molar-refractivity contribution in [2.45, 2.75) is 32.7 Å². The maximum Gasteiger partial charge on any atom is 0.258 e. The molecule has 35 heavy (non-hydrogen) atoms. The molecule has 0 aliphatic carbocycles. The van der Waals surface area contributed by atoms with E-state index in [0.29, 0.717) is 36.4 Å². The molecular weight excluding hydrogens is 444 g/mol. The zero-order valence-electron chi connectivity index (χ0n) is 19.9. The highest BCUT2D eigenvalue weighted by Crippen LogP contribution is 2.21. The number of carbonyl (C=O) groups is 2. The molecule has 0 bridgehead atoms. The summed E-state index contributed by atoms with van der Waals surface area (Å²) in [4.78, 5) is 25.0. The summed E-state index contributed by atoms with van der Waals surface area (Å²) in [6.07, 6.45) is 1.03. The number of nitrogens with zero attached hydrogens (tertiary/aromatic N) is 3. The second-order valence-corrected chi connectivity index (χ2v) is 8.35. The molecule has 0 spiro atoms. The summed E-state index contributed by atoms with van der Waals surface area (Å²) in [5, 5.41) is 19.6. The predicted octanol–water partition coefficient (Wildman–Crippen LogP) is 2.59. The van der Waals surface area contributed by atoms with Gasteiger partial charge in [0.25, 0.3) is 5.91 Å². The van der Waals surface area contributed by atoms with Gasteiger partial charge in [-0.2, -0.15) is 10.4 Å². The minimum Gasteiger partial charge on any atom is -0.484 e. The maximum atomic E-state index is 12.7. The van der Waals surface area contributed by atoms with Crippen molar-refractivity contribution in [3.63, 3.8) is 0 Å². The van der Waals surface area contributed by atoms with Crippen LogP contribution < -0.4 is 21.1 Å². The van der Waals surface area contributed by atoms with Crippen molar-refractivity contribution < 1.29 is 14.3 Å². The lowest BCUT2D eigenvalue weighted by Crippen LogP contribution is -2.51. The molecule has 2 aromatic carbocycles. The smallest absolute Gasteiger partial charge is 0.258 e. The lowest BCUT2D eigenvalue weighted by molar-refractivity contribution is -0.131. The average molecular weight is 475 g/mol. The van der Waals surface area contributed by atoms with Gasteiger partial charge in [-0.1, -0.05) is 50.2 Å². The van der Waals surface area contributed by atoms with Crippen LogP contribution in [0.25, 0.3) is 5.69 Å².